The number of aromatic nitrogens is 2. The Bertz CT molecular complexity index is 551. The summed E-state index contributed by atoms with van der Waals surface area (Å²) in [5, 5.41) is 7.25. The van der Waals surface area contributed by atoms with Crippen LogP contribution in [0.5, 0.6) is 0 Å². The number of benzene rings is 1. The summed E-state index contributed by atoms with van der Waals surface area (Å²) in [6, 6.07) is 9.65. The highest BCUT2D eigenvalue weighted by Gasteiger charge is 2.17. The second-order valence-corrected chi connectivity index (χ2v) is 4.51. The van der Waals surface area contributed by atoms with Crippen LogP contribution in [0, 0.1) is 0 Å². The van der Waals surface area contributed by atoms with E-state index < -0.39 is 0 Å². The Morgan fingerprint density at radius 1 is 1.39 bits per heavy atom. The van der Waals surface area contributed by atoms with Crippen LogP contribution in [0.1, 0.15) is 29.0 Å². The molecule has 4 nitrogen and oxygen atoms in total. The molecule has 1 N–H and O–H groups in total. The van der Waals surface area contributed by atoms with Gasteiger partial charge in [0.15, 0.2) is 5.69 Å². The number of carbonyl (C=O) groups excluding carboxylic acids is 1. The van der Waals surface area contributed by atoms with Crippen molar-refractivity contribution in [2.75, 3.05) is 0 Å². The molecule has 0 fully saturated rings. The summed E-state index contributed by atoms with van der Waals surface area (Å²) in [5.41, 5.74) is 1.29. The molecule has 1 atom stereocenters. The lowest BCUT2D eigenvalue weighted by molar-refractivity contribution is 0.0934. The van der Waals surface area contributed by atoms with Gasteiger partial charge in [0, 0.05) is 13.2 Å². The van der Waals surface area contributed by atoms with Gasteiger partial charge in [0.25, 0.3) is 5.91 Å². The van der Waals surface area contributed by atoms with Crippen LogP contribution < -0.4 is 5.32 Å². The number of aryl methyl sites for hydroxylation is 1. The number of rotatable bonds is 3. The van der Waals surface area contributed by atoms with E-state index in [4.69, 9.17) is 11.6 Å². The first-order valence-corrected chi connectivity index (χ1v) is 6.00. The molecule has 1 aromatic carbocycles. The SMILES string of the molecule is CC(NC(=O)c1nn(C)cc1Cl)c1ccccc1. The van der Waals surface area contributed by atoms with E-state index >= 15 is 0 Å². The Morgan fingerprint density at radius 3 is 2.61 bits per heavy atom. The normalized spacial score (nSPS) is 12.2. The van der Waals surface area contributed by atoms with Crippen LogP contribution in [0.2, 0.25) is 5.02 Å². The van der Waals surface area contributed by atoms with E-state index in [1.54, 1.807) is 13.2 Å². The van der Waals surface area contributed by atoms with Gasteiger partial charge in [0.2, 0.25) is 0 Å². The molecular formula is C13H14ClN3O. The van der Waals surface area contributed by atoms with Crippen LogP contribution in [-0.4, -0.2) is 15.7 Å². The van der Waals surface area contributed by atoms with Gasteiger partial charge in [-0.05, 0) is 12.5 Å². The zero-order valence-electron chi connectivity index (χ0n) is 10.2. The van der Waals surface area contributed by atoms with Gasteiger partial charge in [-0.25, -0.2) is 0 Å². The van der Waals surface area contributed by atoms with E-state index in [1.807, 2.05) is 37.3 Å². The van der Waals surface area contributed by atoms with E-state index in [9.17, 15) is 4.79 Å². The van der Waals surface area contributed by atoms with Gasteiger partial charge >= 0.3 is 0 Å². The zero-order valence-corrected chi connectivity index (χ0v) is 11.0. The highest BCUT2D eigenvalue weighted by molar-refractivity contribution is 6.33. The Balaban J connectivity index is 2.10. The van der Waals surface area contributed by atoms with Crippen LogP contribution in [0.25, 0.3) is 0 Å². The van der Waals surface area contributed by atoms with Crippen molar-refractivity contribution < 1.29 is 4.79 Å². The molecule has 1 heterocycles. The van der Waals surface area contributed by atoms with E-state index in [0.717, 1.165) is 5.56 Å². The van der Waals surface area contributed by atoms with Crippen LogP contribution >= 0.6 is 11.6 Å². The minimum Gasteiger partial charge on any atom is -0.344 e. The minimum atomic E-state index is -0.267. The Labute approximate surface area is 111 Å². The molecule has 0 spiro atoms. The van der Waals surface area contributed by atoms with E-state index in [2.05, 4.69) is 10.4 Å². The molecular weight excluding hydrogens is 250 g/mol. The van der Waals surface area contributed by atoms with Crippen molar-refractivity contribution in [2.45, 2.75) is 13.0 Å². The van der Waals surface area contributed by atoms with Gasteiger partial charge in [-0.1, -0.05) is 41.9 Å². The number of halogens is 1. The van der Waals surface area contributed by atoms with Gasteiger partial charge in [0.1, 0.15) is 0 Å². The van der Waals surface area contributed by atoms with Crippen molar-refractivity contribution in [3.05, 3.63) is 52.8 Å². The lowest BCUT2D eigenvalue weighted by atomic mass is 10.1. The molecule has 1 amide bonds. The summed E-state index contributed by atoms with van der Waals surface area (Å²) < 4.78 is 1.52. The predicted octanol–water partition coefficient (Wildman–Crippen LogP) is 2.56. The minimum absolute atomic E-state index is 0.0863. The molecule has 0 saturated heterocycles. The predicted molar refractivity (Wildman–Crippen MR) is 70.5 cm³/mol. The van der Waals surface area contributed by atoms with Crippen molar-refractivity contribution in [1.29, 1.82) is 0 Å². The fourth-order valence-electron chi connectivity index (χ4n) is 1.70. The maximum atomic E-state index is 12.0. The molecule has 0 radical (unpaired) electrons. The summed E-state index contributed by atoms with van der Waals surface area (Å²) in [5.74, 6) is -0.267. The highest BCUT2D eigenvalue weighted by atomic mass is 35.5. The third-order valence-electron chi connectivity index (χ3n) is 2.65. The first kappa shape index (κ1) is 12.6. The molecule has 2 aromatic rings. The number of nitrogens with zero attached hydrogens (tertiary/aromatic N) is 2. The van der Waals surface area contributed by atoms with Crippen LogP contribution in [-0.2, 0) is 7.05 Å². The van der Waals surface area contributed by atoms with Gasteiger partial charge in [-0.2, -0.15) is 5.10 Å². The largest absolute Gasteiger partial charge is 0.344 e. The number of amides is 1. The molecule has 5 heteroatoms. The molecule has 0 aliphatic carbocycles. The monoisotopic (exact) mass is 263 g/mol. The summed E-state index contributed by atoms with van der Waals surface area (Å²) in [6.45, 7) is 1.92. The average molecular weight is 264 g/mol. The first-order chi connectivity index (χ1) is 8.58. The summed E-state index contributed by atoms with van der Waals surface area (Å²) in [4.78, 5) is 12.0. The van der Waals surface area contributed by atoms with Crippen molar-refractivity contribution in [1.82, 2.24) is 15.1 Å². The summed E-state index contributed by atoms with van der Waals surface area (Å²) in [6.07, 6.45) is 1.60. The zero-order chi connectivity index (χ0) is 13.1. The Kier molecular flexibility index (Phi) is 3.67. The van der Waals surface area contributed by atoms with E-state index in [0.29, 0.717) is 5.02 Å². The van der Waals surface area contributed by atoms with Crippen molar-refractivity contribution in [2.24, 2.45) is 7.05 Å². The fourth-order valence-corrected chi connectivity index (χ4v) is 1.97. The molecule has 0 saturated carbocycles. The van der Waals surface area contributed by atoms with E-state index in [1.165, 1.54) is 4.68 Å². The van der Waals surface area contributed by atoms with Gasteiger partial charge in [0.05, 0.1) is 11.1 Å². The summed E-state index contributed by atoms with van der Waals surface area (Å²) >= 11 is 5.93. The maximum Gasteiger partial charge on any atom is 0.273 e. The smallest absolute Gasteiger partial charge is 0.273 e. The number of nitrogens with one attached hydrogen (secondary N) is 1. The molecule has 0 bridgehead atoms. The third-order valence-corrected chi connectivity index (χ3v) is 2.92. The molecule has 1 aromatic heterocycles. The lowest BCUT2D eigenvalue weighted by Crippen LogP contribution is -2.27. The summed E-state index contributed by atoms with van der Waals surface area (Å²) in [7, 11) is 1.73. The number of carbonyl (C=O) groups is 1. The van der Waals surface area contributed by atoms with Crippen molar-refractivity contribution in [3.8, 4) is 0 Å². The Morgan fingerprint density at radius 2 is 2.06 bits per heavy atom. The molecule has 18 heavy (non-hydrogen) atoms. The molecule has 0 aliphatic heterocycles. The first-order valence-electron chi connectivity index (χ1n) is 5.63. The standard InChI is InChI=1S/C13H14ClN3O/c1-9(10-6-4-3-5-7-10)15-13(18)12-11(14)8-17(2)16-12/h3-9H,1-2H3,(H,15,18). The second kappa shape index (κ2) is 5.23. The van der Waals surface area contributed by atoms with Gasteiger partial charge < -0.3 is 5.32 Å². The van der Waals surface area contributed by atoms with Crippen molar-refractivity contribution >= 4 is 17.5 Å². The van der Waals surface area contributed by atoms with Crippen molar-refractivity contribution in [3.63, 3.8) is 0 Å². The highest BCUT2D eigenvalue weighted by Crippen LogP contribution is 2.16. The van der Waals surface area contributed by atoms with Gasteiger partial charge in [-0.15, -0.1) is 0 Å². The average Bonchev–Trinajstić information content (AvgIpc) is 2.69. The number of hydrogen-bond acceptors (Lipinski definition) is 2. The van der Waals surface area contributed by atoms with Gasteiger partial charge in [-0.3, -0.25) is 9.48 Å². The quantitative estimate of drug-likeness (QED) is 0.925. The molecule has 1 unspecified atom stereocenters. The second-order valence-electron chi connectivity index (χ2n) is 4.11. The molecule has 94 valence electrons. The Hall–Kier alpha value is -1.81. The topological polar surface area (TPSA) is 46.9 Å². The lowest BCUT2D eigenvalue weighted by Gasteiger charge is -2.13. The van der Waals surface area contributed by atoms with Crippen LogP contribution in [0.3, 0.4) is 0 Å². The van der Waals surface area contributed by atoms with E-state index in [-0.39, 0.29) is 17.6 Å². The molecule has 2 rings (SSSR count). The van der Waals surface area contributed by atoms with Crippen LogP contribution in [0.4, 0.5) is 0 Å². The van der Waals surface area contributed by atoms with Crippen LogP contribution in [0.15, 0.2) is 36.5 Å². The molecule has 0 aliphatic rings. The third kappa shape index (κ3) is 2.71. The maximum absolute atomic E-state index is 12.0. The number of hydrogen-bond donors (Lipinski definition) is 1. The fraction of sp³-hybridized carbons (Fsp3) is 0.231.